The van der Waals surface area contributed by atoms with E-state index >= 15 is 0 Å². The van der Waals surface area contributed by atoms with Gasteiger partial charge in [-0.1, -0.05) is 0 Å². The number of nitrogens with zero attached hydrogens (tertiary/aromatic N) is 1. The fourth-order valence-corrected chi connectivity index (χ4v) is 1.74. The molecule has 0 saturated carbocycles. The summed E-state index contributed by atoms with van der Waals surface area (Å²) >= 11 is 0. The Labute approximate surface area is 77.8 Å². The standard InChI is InChI=1S/C10H15NO2/c12-7-3-6-10-11-8-4-1-2-5-9(8)13-10/h12H,1-7H2. The van der Waals surface area contributed by atoms with Gasteiger partial charge in [0.05, 0.1) is 5.69 Å². The summed E-state index contributed by atoms with van der Waals surface area (Å²) in [6.07, 6.45) is 6.09. The van der Waals surface area contributed by atoms with Gasteiger partial charge in [-0.05, 0) is 25.7 Å². The highest BCUT2D eigenvalue weighted by Crippen LogP contribution is 2.21. The normalized spacial score (nSPS) is 15.8. The van der Waals surface area contributed by atoms with E-state index in [0.717, 1.165) is 43.0 Å². The average Bonchev–Trinajstić information content (AvgIpc) is 2.57. The number of rotatable bonds is 3. The van der Waals surface area contributed by atoms with Crippen molar-refractivity contribution < 1.29 is 9.52 Å². The first kappa shape index (κ1) is 8.75. The Morgan fingerprint density at radius 1 is 1.31 bits per heavy atom. The maximum absolute atomic E-state index is 8.66. The highest BCUT2D eigenvalue weighted by molar-refractivity contribution is 5.13. The summed E-state index contributed by atoms with van der Waals surface area (Å²) in [6, 6.07) is 0. The monoisotopic (exact) mass is 181 g/mol. The maximum atomic E-state index is 8.66. The van der Waals surface area contributed by atoms with Crippen LogP contribution in [0.4, 0.5) is 0 Å². The van der Waals surface area contributed by atoms with Crippen LogP contribution in [0.1, 0.15) is 36.6 Å². The third-order valence-electron chi connectivity index (χ3n) is 2.44. The van der Waals surface area contributed by atoms with E-state index in [1.54, 1.807) is 0 Å². The van der Waals surface area contributed by atoms with E-state index in [1.165, 1.54) is 12.8 Å². The molecule has 1 aromatic rings. The third kappa shape index (κ3) is 1.91. The Hall–Kier alpha value is -0.830. The smallest absolute Gasteiger partial charge is 0.194 e. The molecule has 0 amide bonds. The van der Waals surface area contributed by atoms with Crippen molar-refractivity contribution >= 4 is 0 Å². The lowest BCUT2D eigenvalue weighted by molar-refractivity contribution is 0.282. The van der Waals surface area contributed by atoms with Crippen molar-refractivity contribution in [2.75, 3.05) is 6.61 Å². The predicted octanol–water partition coefficient (Wildman–Crippen LogP) is 1.48. The molecule has 0 atom stereocenters. The van der Waals surface area contributed by atoms with E-state index in [9.17, 15) is 0 Å². The number of fused-ring (bicyclic) bond motifs is 1. The van der Waals surface area contributed by atoms with Crippen molar-refractivity contribution in [3.05, 3.63) is 17.3 Å². The number of aliphatic hydroxyl groups excluding tert-OH is 1. The maximum Gasteiger partial charge on any atom is 0.194 e. The van der Waals surface area contributed by atoms with E-state index in [2.05, 4.69) is 4.98 Å². The van der Waals surface area contributed by atoms with Crippen LogP contribution in [-0.4, -0.2) is 16.7 Å². The second kappa shape index (κ2) is 3.92. The largest absolute Gasteiger partial charge is 0.445 e. The van der Waals surface area contributed by atoms with Crippen molar-refractivity contribution in [2.24, 2.45) is 0 Å². The van der Waals surface area contributed by atoms with Crippen LogP contribution < -0.4 is 0 Å². The molecule has 0 spiro atoms. The number of oxazole rings is 1. The first-order chi connectivity index (χ1) is 6.40. The zero-order valence-corrected chi connectivity index (χ0v) is 7.75. The summed E-state index contributed by atoms with van der Waals surface area (Å²) in [4.78, 5) is 4.41. The van der Waals surface area contributed by atoms with Crippen molar-refractivity contribution in [3.8, 4) is 0 Å². The summed E-state index contributed by atoms with van der Waals surface area (Å²) in [6.45, 7) is 0.215. The molecule has 1 heterocycles. The molecule has 0 aliphatic heterocycles. The molecule has 0 fully saturated rings. The van der Waals surface area contributed by atoms with E-state index in [4.69, 9.17) is 9.52 Å². The molecule has 1 aliphatic rings. The summed E-state index contributed by atoms with van der Waals surface area (Å²) < 4.78 is 5.59. The van der Waals surface area contributed by atoms with Crippen molar-refractivity contribution in [2.45, 2.75) is 38.5 Å². The molecular formula is C10H15NO2. The molecule has 0 unspecified atom stereocenters. The highest BCUT2D eigenvalue weighted by Gasteiger charge is 2.16. The van der Waals surface area contributed by atoms with Crippen LogP contribution in [0.15, 0.2) is 4.42 Å². The molecule has 2 rings (SSSR count). The first-order valence-electron chi connectivity index (χ1n) is 4.98. The Morgan fingerprint density at radius 3 is 2.92 bits per heavy atom. The van der Waals surface area contributed by atoms with Crippen molar-refractivity contribution in [1.29, 1.82) is 0 Å². The van der Waals surface area contributed by atoms with Crippen LogP contribution in [0.2, 0.25) is 0 Å². The van der Waals surface area contributed by atoms with Crippen LogP contribution in [-0.2, 0) is 19.3 Å². The van der Waals surface area contributed by atoms with Crippen LogP contribution in [0, 0.1) is 0 Å². The third-order valence-corrected chi connectivity index (χ3v) is 2.44. The average molecular weight is 181 g/mol. The minimum Gasteiger partial charge on any atom is -0.445 e. The van der Waals surface area contributed by atoms with Gasteiger partial charge in [0.1, 0.15) is 5.76 Å². The number of hydrogen-bond donors (Lipinski definition) is 1. The molecule has 13 heavy (non-hydrogen) atoms. The molecule has 0 radical (unpaired) electrons. The lowest BCUT2D eigenvalue weighted by Gasteiger charge is -2.05. The van der Waals surface area contributed by atoms with E-state index in [1.807, 2.05) is 0 Å². The number of hydrogen-bond acceptors (Lipinski definition) is 3. The van der Waals surface area contributed by atoms with E-state index in [-0.39, 0.29) is 6.61 Å². The molecule has 3 heteroatoms. The number of aromatic nitrogens is 1. The Balaban J connectivity index is 2.07. The van der Waals surface area contributed by atoms with Gasteiger partial charge in [-0.2, -0.15) is 0 Å². The van der Waals surface area contributed by atoms with Gasteiger partial charge < -0.3 is 9.52 Å². The lowest BCUT2D eigenvalue weighted by Crippen LogP contribution is -1.99. The fourth-order valence-electron chi connectivity index (χ4n) is 1.74. The second-order valence-corrected chi connectivity index (χ2v) is 3.51. The van der Waals surface area contributed by atoms with Gasteiger partial charge in [-0.3, -0.25) is 0 Å². The van der Waals surface area contributed by atoms with Gasteiger partial charge in [0, 0.05) is 19.4 Å². The summed E-state index contributed by atoms with van der Waals surface area (Å²) in [5.41, 5.74) is 1.15. The Bertz CT molecular complexity index is 257. The van der Waals surface area contributed by atoms with Crippen molar-refractivity contribution in [1.82, 2.24) is 4.98 Å². The first-order valence-corrected chi connectivity index (χ1v) is 4.98. The number of aliphatic hydroxyl groups is 1. The molecular weight excluding hydrogens is 166 g/mol. The lowest BCUT2D eigenvalue weighted by atomic mass is 10.0. The molecule has 1 aromatic heterocycles. The van der Waals surface area contributed by atoms with Gasteiger partial charge in [0.25, 0.3) is 0 Å². The second-order valence-electron chi connectivity index (χ2n) is 3.51. The van der Waals surface area contributed by atoms with Crippen LogP contribution in [0.5, 0.6) is 0 Å². The topological polar surface area (TPSA) is 46.3 Å². The Kier molecular flexibility index (Phi) is 2.64. The molecule has 72 valence electrons. The molecule has 0 saturated heterocycles. The summed E-state index contributed by atoms with van der Waals surface area (Å²) in [7, 11) is 0. The van der Waals surface area contributed by atoms with Gasteiger partial charge in [0.15, 0.2) is 5.89 Å². The van der Waals surface area contributed by atoms with E-state index < -0.39 is 0 Å². The quantitative estimate of drug-likeness (QED) is 0.768. The van der Waals surface area contributed by atoms with Gasteiger partial charge in [0.2, 0.25) is 0 Å². The summed E-state index contributed by atoms with van der Waals surface area (Å²) in [5.74, 6) is 1.89. The predicted molar refractivity (Wildman–Crippen MR) is 48.6 cm³/mol. The molecule has 3 nitrogen and oxygen atoms in total. The highest BCUT2D eigenvalue weighted by atomic mass is 16.4. The van der Waals surface area contributed by atoms with Crippen LogP contribution >= 0.6 is 0 Å². The van der Waals surface area contributed by atoms with Crippen LogP contribution in [0.3, 0.4) is 0 Å². The van der Waals surface area contributed by atoms with Gasteiger partial charge in [-0.25, -0.2) is 4.98 Å². The minimum absolute atomic E-state index is 0.215. The Morgan fingerprint density at radius 2 is 2.15 bits per heavy atom. The SMILES string of the molecule is OCCCc1nc2c(o1)CCCC2. The summed E-state index contributed by atoms with van der Waals surface area (Å²) in [5, 5.41) is 8.66. The molecule has 1 aliphatic carbocycles. The van der Waals surface area contributed by atoms with E-state index in [0.29, 0.717) is 0 Å². The van der Waals surface area contributed by atoms with Gasteiger partial charge >= 0.3 is 0 Å². The number of aryl methyl sites for hydroxylation is 3. The van der Waals surface area contributed by atoms with Crippen LogP contribution in [0.25, 0.3) is 0 Å². The van der Waals surface area contributed by atoms with Crippen molar-refractivity contribution in [3.63, 3.8) is 0 Å². The molecule has 1 N–H and O–H groups in total. The molecule has 0 bridgehead atoms. The minimum atomic E-state index is 0.215. The fraction of sp³-hybridized carbons (Fsp3) is 0.700. The zero-order chi connectivity index (χ0) is 9.10. The van der Waals surface area contributed by atoms with Gasteiger partial charge in [-0.15, -0.1) is 0 Å². The zero-order valence-electron chi connectivity index (χ0n) is 7.75. The molecule has 0 aromatic carbocycles.